The number of rotatable bonds is 6. The third-order valence-corrected chi connectivity index (χ3v) is 5.15. The number of nitrogens with one attached hydrogen (secondary N) is 2. The van der Waals surface area contributed by atoms with E-state index in [2.05, 4.69) is 10.4 Å². The van der Waals surface area contributed by atoms with Gasteiger partial charge in [0.2, 0.25) is 5.82 Å². The van der Waals surface area contributed by atoms with Gasteiger partial charge in [-0.1, -0.05) is 48.0 Å². The number of nitrogens with zero attached hydrogens (tertiary/aromatic N) is 3. The largest absolute Gasteiger partial charge is 0.399 e. The molecule has 0 saturated carbocycles. The molecule has 3 aromatic rings. The van der Waals surface area contributed by atoms with E-state index in [1.54, 1.807) is 16.7 Å². The lowest BCUT2D eigenvalue weighted by molar-refractivity contribution is 0.224. The van der Waals surface area contributed by atoms with Crippen LogP contribution in [0.5, 0.6) is 0 Å². The van der Waals surface area contributed by atoms with Gasteiger partial charge in [0.25, 0.3) is 5.56 Å². The first-order chi connectivity index (χ1) is 14.0. The topological polar surface area (TPSA) is 100 Å². The lowest BCUT2D eigenvalue weighted by atomic mass is 10.1. The van der Waals surface area contributed by atoms with Crippen molar-refractivity contribution in [2.75, 3.05) is 24.2 Å². The third-order valence-electron chi connectivity index (χ3n) is 4.89. The van der Waals surface area contributed by atoms with Gasteiger partial charge in [0, 0.05) is 30.6 Å². The summed E-state index contributed by atoms with van der Waals surface area (Å²) < 4.78 is 1.62. The highest BCUT2D eigenvalue weighted by Gasteiger charge is 2.21. The molecule has 0 unspecified atom stereocenters. The zero-order chi connectivity index (χ0) is 20.4. The fourth-order valence-electron chi connectivity index (χ4n) is 3.20. The summed E-state index contributed by atoms with van der Waals surface area (Å²) in [6, 6.07) is 14.7. The summed E-state index contributed by atoms with van der Waals surface area (Å²) in [6.07, 6.45) is 2.36. The quantitative estimate of drug-likeness (QED) is 0.429. The number of nitrogens with two attached hydrogens (primary N) is 1. The minimum Gasteiger partial charge on any atom is -0.399 e. The van der Waals surface area contributed by atoms with Gasteiger partial charge in [-0.15, -0.1) is 0 Å². The summed E-state index contributed by atoms with van der Waals surface area (Å²) >= 11 is 6.55. The van der Waals surface area contributed by atoms with Gasteiger partial charge in [-0.3, -0.25) is 14.8 Å². The fraction of sp³-hybridized carbons (Fsp3) is 0.190. The number of aromatic nitrogens is 2. The molecule has 1 aromatic heterocycles. The zero-order valence-electron chi connectivity index (χ0n) is 15.7. The van der Waals surface area contributed by atoms with E-state index in [1.165, 1.54) is 6.21 Å². The number of nitrogen functional groups attached to an aromatic ring is 1. The number of hydrogen-bond donors (Lipinski definition) is 3. The molecule has 0 atom stereocenters. The van der Waals surface area contributed by atoms with Crippen molar-refractivity contribution in [3.8, 4) is 11.3 Å². The van der Waals surface area contributed by atoms with Gasteiger partial charge in [0.1, 0.15) is 0 Å². The Labute approximate surface area is 173 Å². The zero-order valence-corrected chi connectivity index (χ0v) is 16.5. The molecule has 0 spiro atoms. The van der Waals surface area contributed by atoms with Crippen LogP contribution in [0.15, 0.2) is 53.3 Å². The summed E-state index contributed by atoms with van der Waals surface area (Å²) in [4.78, 5) is 17.6. The first kappa shape index (κ1) is 19.2. The summed E-state index contributed by atoms with van der Waals surface area (Å²) in [7, 11) is 0. The van der Waals surface area contributed by atoms with Crippen LogP contribution in [0, 0.1) is 5.41 Å². The molecule has 7 nitrogen and oxygen atoms in total. The SMILES string of the molecule is N=Cc1ccc(Cn2c(-c3cccc(N)c3)c(Cl)nc(NN3CCC3)c2=O)cc1. The second kappa shape index (κ2) is 8.06. The maximum atomic E-state index is 13.3. The molecule has 1 aliphatic heterocycles. The van der Waals surface area contributed by atoms with Crippen LogP contribution in [-0.4, -0.2) is 33.9 Å². The molecule has 0 radical (unpaired) electrons. The summed E-state index contributed by atoms with van der Waals surface area (Å²) in [5.74, 6) is 0.207. The molecule has 4 rings (SSSR count). The molecule has 8 heteroatoms. The Morgan fingerprint density at radius 1 is 1.21 bits per heavy atom. The highest BCUT2D eigenvalue weighted by Crippen LogP contribution is 2.28. The molecular formula is C21H21ClN6O. The van der Waals surface area contributed by atoms with Gasteiger partial charge >= 0.3 is 0 Å². The number of benzene rings is 2. The summed E-state index contributed by atoms with van der Waals surface area (Å²) in [6.45, 7) is 2.04. The molecule has 1 fully saturated rings. The summed E-state index contributed by atoms with van der Waals surface area (Å²) in [5, 5.41) is 9.52. The normalized spacial score (nSPS) is 13.7. The van der Waals surface area contributed by atoms with Crippen molar-refractivity contribution in [3.63, 3.8) is 0 Å². The van der Waals surface area contributed by atoms with Crippen LogP contribution in [0.3, 0.4) is 0 Å². The van der Waals surface area contributed by atoms with Crippen molar-refractivity contribution in [3.05, 3.63) is 75.2 Å². The van der Waals surface area contributed by atoms with Crippen LogP contribution in [0.4, 0.5) is 11.5 Å². The van der Waals surface area contributed by atoms with Gasteiger partial charge in [-0.2, -0.15) is 0 Å². The van der Waals surface area contributed by atoms with E-state index >= 15 is 0 Å². The molecule has 2 aromatic carbocycles. The van der Waals surface area contributed by atoms with E-state index in [0.29, 0.717) is 17.9 Å². The minimum atomic E-state index is -0.255. The number of halogens is 1. The van der Waals surface area contributed by atoms with Crippen LogP contribution in [0.2, 0.25) is 5.15 Å². The molecule has 1 saturated heterocycles. The lowest BCUT2D eigenvalue weighted by Gasteiger charge is -2.31. The van der Waals surface area contributed by atoms with E-state index in [0.717, 1.165) is 36.2 Å². The lowest BCUT2D eigenvalue weighted by Crippen LogP contribution is -2.44. The average molecular weight is 409 g/mol. The van der Waals surface area contributed by atoms with E-state index in [9.17, 15) is 4.79 Å². The van der Waals surface area contributed by atoms with E-state index in [-0.39, 0.29) is 16.5 Å². The van der Waals surface area contributed by atoms with Gasteiger partial charge in [0.05, 0.1) is 12.2 Å². The fourth-order valence-corrected chi connectivity index (χ4v) is 3.50. The van der Waals surface area contributed by atoms with Crippen molar-refractivity contribution in [1.29, 1.82) is 5.41 Å². The molecule has 0 amide bonds. The van der Waals surface area contributed by atoms with E-state index in [1.807, 2.05) is 41.4 Å². The van der Waals surface area contributed by atoms with Crippen LogP contribution < -0.4 is 16.7 Å². The average Bonchev–Trinajstić information content (AvgIpc) is 2.68. The Kier molecular flexibility index (Phi) is 5.33. The van der Waals surface area contributed by atoms with Crippen LogP contribution in [0.1, 0.15) is 17.5 Å². The highest BCUT2D eigenvalue weighted by atomic mass is 35.5. The van der Waals surface area contributed by atoms with Crippen LogP contribution >= 0.6 is 11.6 Å². The van der Waals surface area contributed by atoms with Crippen LogP contribution in [-0.2, 0) is 6.54 Å². The maximum absolute atomic E-state index is 13.3. The van der Waals surface area contributed by atoms with Crippen molar-refractivity contribution in [2.24, 2.45) is 0 Å². The predicted molar refractivity (Wildman–Crippen MR) is 117 cm³/mol. The highest BCUT2D eigenvalue weighted by molar-refractivity contribution is 6.32. The second-order valence-corrected chi connectivity index (χ2v) is 7.31. The smallest absolute Gasteiger partial charge is 0.295 e. The molecule has 29 heavy (non-hydrogen) atoms. The molecule has 2 heterocycles. The Morgan fingerprint density at radius 2 is 1.97 bits per heavy atom. The van der Waals surface area contributed by atoms with E-state index in [4.69, 9.17) is 22.7 Å². The third kappa shape index (κ3) is 4.01. The maximum Gasteiger partial charge on any atom is 0.295 e. The Bertz CT molecular complexity index is 1110. The van der Waals surface area contributed by atoms with Gasteiger partial charge < -0.3 is 11.1 Å². The Morgan fingerprint density at radius 3 is 2.59 bits per heavy atom. The van der Waals surface area contributed by atoms with Gasteiger partial charge in [-0.05, 0) is 29.7 Å². The van der Waals surface area contributed by atoms with Crippen LogP contribution in [0.25, 0.3) is 11.3 Å². The van der Waals surface area contributed by atoms with Crippen molar-refractivity contribution < 1.29 is 0 Å². The predicted octanol–water partition coefficient (Wildman–Crippen LogP) is 3.22. The standard InChI is InChI=1S/C21H21ClN6O/c22-19-18(16-3-1-4-17(24)11-16)28(13-15-7-5-14(12-23)6-8-15)21(29)20(25-19)26-27-9-2-10-27/h1,3-8,11-12,23H,2,9-10,13,24H2,(H,25,26). The first-order valence-electron chi connectivity index (χ1n) is 9.32. The molecule has 4 N–H and O–H groups in total. The monoisotopic (exact) mass is 408 g/mol. The second-order valence-electron chi connectivity index (χ2n) is 6.95. The first-order valence-corrected chi connectivity index (χ1v) is 9.70. The molecule has 148 valence electrons. The van der Waals surface area contributed by atoms with Crippen molar-refractivity contribution in [1.82, 2.24) is 14.6 Å². The molecule has 0 bridgehead atoms. The number of anilines is 2. The van der Waals surface area contributed by atoms with Gasteiger partial charge in [0.15, 0.2) is 5.15 Å². The Balaban J connectivity index is 1.83. The van der Waals surface area contributed by atoms with Crippen molar-refractivity contribution >= 4 is 29.3 Å². The molecule has 0 aliphatic carbocycles. The Hall–Kier alpha value is -3.16. The van der Waals surface area contributed by atoms with E-state index < -0.39 is 0 Å². The molecule has 1 aliphatic rings. The van der Waals surface area contributed by atoms with Gasteiger partial charge in [-0.25, -0.2) is 9.99 Å². The summed E-state index contributed by atoms with van der Waals surface area (Å²) in [5.41, 5.74) is 12.3. The number of hydrazine groups is 1. The van der Waals surface area contributed by atoms with Crippen molar-refractivity contribution in [2.45, 2.75) is 13.0 Å². The molecular weight excluding hydrogens is 388 g/mol. The number of hydrogen-bond acceptors (Lipinski definition) is 6. The minimum absolute atomic E-state index is 0.207.